The number of halogens is 3. The first kappa shape index (κ1) is 32.1. The number of rotatable bonds is 9. The second-order valence-electron chi connectivity index (χ2n) is 10.7. The average Bonchev–Trinajstić information content (AvgIpc) is 3.34. The molecule has 11 nitrogen and oxygen atoms in total. The van der Waals surface area contributed by atoms with Crippen molar-refractivity contribution in [1.82, 2.24) is 24.5 Å². The van der Waals surface area contributed by atoms with E-state index in [1.54, 1.807) is 38.1 Å². The maximum absolute atomic E-state index is 15.9. The Kier molecular flexibility index (Phi) is 8.54. The van der Waals surface area contributed by atoms with Crippen molar-refractivity contribution in [1.29, 1.82) is 0 Å². The summed E-state index contributed by atoms with van der Waals surface area (Å²) in [6, 6.07) is 14.8. The lowest BCUT2D eigenvalue weighted by atomic mass is 10.1. The number of amides is 1. The lowest BCUT2D eigenvalue weighted by Crippen LogP contribution is -2.17. The minimum absolute atomic E-state index is 0.0293. The van der Waals surface area contributed by atoms with Gasteiger partial charge in [0.05, 0.1) is 27.4 Å². The summed E-state index contributed by atoms with van der Waals surface area (Å²) < 4.78 is 79.2. The van der Waals surface area contributed by atoms with E-state index in [4.69, 9.17) is 10.5 Å². The van der Waals surface area contributed by atoms with E-state index in [2.05, 4.69) is 25.3 Å². The third-order valence-electron chi connectivity index (χ3n) is 7.42. The molecule has 0 atom stereocenters. The summed E-state index contributed by atoms with van der Waals surface area (Å²) in [6.07, 6.45) is 2.21. The number of fused-ring (bicyclic) bond motifs is 1. The van der Waals surface area contributed by atoms with Crippen LogP contribution in [0.4, 0.5) is 24.7 Å². The summed E-state index contributed by atoms with van der Waals surface area (Å²) in [7, 11) is -3.76. The van der Waals surface area contributed by atoms with Crippen LogP contribution in [-0.2, 0) is 14.6 Å². The fourth-order valence-corrected chi connectivity index (χ4v) is 6.45. The van der Waals surface area contributed by atoms with Crippen LogP contribution in [0.3, 0.4) is 0 Å². The first-order chi connectivity index (χ1) is 22.9. The highest BCUT2D eigenvalue weighted by Gasteiger charge is 2.27. The zero-order chi connectivity index (χ0) is 34.2. The lowest BCUT2D eigenvalue weighted by Gasteiger charge is -2.16. The maximum atomic E-state index is 15.9. The highest BCUT2D eigenvalue weighted by molar-refractivity contribution is 7.91. The molecule has 6 aromatic rings. The fourth-order valence-electron chi connectivity index (χ4n) is 5.19. The smallest absolute Gasteiger partial charge is 0.322 e. The van der Waals surface area contributed by atoms with Gasteiger partial charge in [-0.3, -0.25) is 4.79 Å². The molecule has 1 amide bonds. The molecule has 0 spiro atoms. The molecule has 3 heterocycles. The molecule has 0 aliphatic heterocycles. The number of nitrogens with zero attached hydrogens (tertiary/aromatic N) is 5. The molecule has 3 N–H and O–H groups in total. The molecule has 0 aliphatic carbocycles. The Morgan fingerprint density at radius 3 is 2.35 bits per heavy atom. The normalized spacial score (nSPS) is 11.5. The molecule has 0 unspecified atom stereocenters. The molecule has 0 radical (unpaired) electrons. The number of ether oxygens (including phenoxy) is 1. The second-order valence-corrected chi connectivity index (χ2v) is 12.8. The van der Waals surface area contributed by atoms with Crippen LogP contribution < -0.4 is 15.8 Å². The summed E-state index contributed by atoms with van der Waals surface area (Å²) in [5, 5.41) is 2.35. The summed E-state index contributed by atoms with van der Waals surface area (Å²) in [5.41, 5.74) is 6.91. The van der Waals surface area contributed by atoms with E-state index in [-0.39, 0.29) is 50.6 Å². The molecule has 0 saturated heterocycles. The van der Waals surface area contributed by atoms with Crippen LogP contribution in [0.15, 0.2) is 84.1 Å². The van der Waals surface area contributed by atoms with Gasteiger partial charge in [0.1, 0.15) is 23.5 Å². The number of nitrogens with two attached hydrogens (primary N) is 1. The number of benzene rings is 3. The zero-order valence-corrected chi connectivity index (χ0v) is 26.2. The first-order valence-corrected chi connectivity index (χ1v) is 16.0. The summed E-state index contributed by atoms with van der Waals surface area (Å²) in [5.74, 6) is -4.46. The van der Waals surface area contributed by atoms with Gasteiger partial charge in [-0.2, -0.15) is 0 Å². The predicted octanol–water partition coefficient (Wildman–Crippen LogP) is 6.09. The van der Waals surface area contributed by atoms with E-state index in [1.165, 1.54) is 41.4 Å². The zero-order valence-electron chi connectivity index (χ0n) is 25.4. The monoisotopic (exact) mass is 673 g/mol. The Bertz CT molecular complexity index is 2290. The summed E-state index contributed by atoms with van der Waals surface area (Å²) >= 11 is 0. The largest absolute Gasteiger partial charge is 0.421 e. The number of nitrogen functional groups attached to an aromatic ring is 1. The van der Waals surface area contributed by atoms with Crippen molar-refractivity contribution in [2.45, 2.75) is 25.2 Å². The summed E-state index contributed by atoms with van der Waals surface area (Å²) in [6.45, 7) is 3.30. The van der Waals surface area contributed by atoms with Gasteiger partial charge in [-0.15, -0.1) is 0 Å². The predicted molar refractivity (Wildman–Crippen MR) is 172 cm³/mol. The van der Waals surface area contributed by atoms with E-state index in [0.29, 0.717) is 11.3 Å². The van der Waals surface area contributed by atoms with Crippen LogP contribution in [0, 0.1) is 31.3 Å². The van der Waals surface area contributed by atoms with E-state index in [0.717, 1.165) is 18.2 Å². The molecule has 0 fully saturated rings. The van der Waals surface area contributed by atoms with Crippen LogP contribution in [0.2, 0.25) is 0 Å². The second kappa shape index (κ2) is 12.8. The van der Waals surface area contributed by atoms with Crippen LogP contribution in [0.1, 0.15) is 17.7 Å². The Morgan fingerprint density at radius 2 is 1.67 bits per heavy atom. The minimum Gasteiger partial charge on any atom is -0.421 e. The van der Waals surface area contributed by atoms with Crippen molar-refractivity contribution >= 4 is 38.3 Å². The standard InChI is InChI=1S/C33H26F3N7O4S/c1-18-10-12-38-33(41-18)47-26-9-8-21(16-23(26)34)43-30(19(2)29-31(43)32(37)40-17-39-29)28-24(35)14-20(15-25(28)36)42-27(44)11-13-48(45,46)22-6-4-3-5-7-22/h3-10,12,14-17H,11,13H2,1-2H3,(H,42,44)(H2,37,39,40). The van der Waals surface area contributed by atoms with Crippen LogP contribution in [-0.4, -0.2) is 44.6 Å². The van der Waals surface area contributed by atoms with E-state index in [9.17, 15) is 13.2 Å². The van der Waals surface area contributed by atoms with Gasteiger partial charge in [-0.05, 0) is 56.3 Å². The molecule has 244 valence electrons. The third kappa shape index (κ3) is 6.27. The molecular weight excluding hydrogens is 647 g/mol. The quantitative estimate of drug-likeness (QED) is 0.186. The van der Waals surface area contributed by atoms with Crippen molar-refractivity contribution in [3.63, 3.8) is 0 Å². The maximum Gasteiger partial charge on any atom is 0.322 e. The molecular formula is C33H26F3N7O4S. The van der Waals surface area contributed by atoms with Gasteiger partial charge in [0.25, 0.3) is 0 Å². The van der Waals surface area contributed by atoms with Gasteiger partial charge >= 0.3 is 6.01 Å². The van der Waals surface area contributed by atoms with Crippen LogP contribution in [0.5, 0.6) is 11.8 Å². The van der Waals surface area contributed by atoms with Crippen molar-refractivity contribution in [3.05, 3.63) is 108 Å². The van der Waals surface area contributed by atoms with Gasteiger partial charge in [0, 0.05) is 41.3 Å². The van der Waals surface area contributed by atoms with Crippen LogP contribution in [0.25, 0.3) is 28.0 Å². The molecule has 48 heavy (non-hydrogen) atoms. The van der Waals surface area contributed by atoms with E-state index in [1.807, 2.05) is 0 Å². The Morgan fingerprint density at radius 1 is 0.938 bits per heavy atom. The Hall–Kier alpha value is -5.83. The molecule has 15 heteroatoms. The number of carbonyl (C=O) groups excluding carboxylic acids is 1. The first-order valence-electron chi connectivity index (χ1n) is 14.4. The lowest BCUT2D eigenvalue weighted by molar-refractivity contribution is -0.115. The Balaban J connectivity index is 1.35. The molecule has 0 saturated carbocycles. The number of hydrogen-bond acceptors (Lipinski definition) is 9. The average molecular weight is 674 g/mol. The molecule has 3 aromatic heterocycles. The SMILES string of the molecule is Cc1ccnc(Oc2ccc(-n3c(-c4c(F)cc(NC(=O)CCS(=O)(=O)c5ccccc5)cc4F)c(C)c4ncnc(N)c43)cc2F)n1. The number of carbonyl (C=O) groups is 1. The van der Waals surface area contributed by atoms with Gasteiger partial charge < -0.3 is 20.4 Å². The number of hydrogen-bond donors (Lipinski definition) is 2. The van der Waals surface area contributed by atoms with E-state index < -0.39 is 50.9 Å². The molecule has 0 aliphatic rings. The summed E-state index contributed by atoms with van der Waals surface area (Å²) in [4.78, 5) is 29.0. The van der Waals surface area contributed by atoms with Crippen molar-refractivity contribution in [2.75, 3.05) is 16.8 Å². The van der Waals surface area contributed by atoms with Gasteiger partial charge in [-0.25, -0.2) is 41.5 Å². The van der Waals surface area contributed by atoms with Crippen molar-refractivity contribution in [2.24, 2.45) is 0 Å². The number of aryl methyl sites for hydroxylation is 2. The molecule has 0 bridgehead atoms. The highest BCUT2D eigenvalue weighted by Crippen LogP contribution is 2.40. The fraction of sp³-hybridized carbons (Fsp3) is 0.121. The van der Waals surface area contributed by atoms with E-state index >= 15 is 13.2 Å². The minimum atomic E-state index is -3.76. The highest BCUT2D eigenvalue weighted by atomic mass is 32.2. The third-order valence-corrected chi connectivity index (χ3v) is 9.15. The topological polar surface area (TPSA) is 155 Å². The van der Waals surface area contributed by atoms with Gasteiger partial charge in [0.15, 0.2) is 27.2 Å². The number of nitrogens with one attached hydrogen (secondary N) is 1. The Labute approximate surface area is 272 Å². The van der Waals surface area contributed by atoms with Crippen molar-refractivity contribution in [3.8, 4) is 28.7 Å². The number of aromatic nitrogens is 5. The number of sulfone groups is 1. The van der Waals surface area contributed by atoms with Gasteiger partial charge in [-0.1, -0.05) is 18.2 Å². The van der Waals surface area contributed by atoms with Crippen molar-refractivity contribution < 1.29 is 31.1 Å². The van der Waals surface area contributed by atoms with Gasteiger partial charge in [0.2, 0.25) is 5.91 Å². The molecule has 3 aromatic carbocycles. The van der Waals surface area contributed by atoms with Crippen LogP contribution >= 0.6 is 0 Å². The number of anilines is 2. The molecule has 6 rings (SSSR count).